The highest BCUT2D eigenvalue weighted by molar-refractivity contribution is 7.09. The molecular weight excluding hydrogens is 300 g/mol. The Morgan fingerprint density at radius 3 is 2.91 bits per heavy atom. The Morgan fingerprint density at radius 1 is 1.36 bits per heavy atom. The predicted octanol–water partition coefficient (Wildman–Crippen LogP) is 1.40. The molecule has 0 aromatic carbocycles. The van der Waals surface area contributed by atoms with Gasteiger partial charge in [0.2, 0.25) is 11.1 Å². The fourth-order valence-electron chi connectivity index (χ4n) is 3.30. The second-order valence-electron chi connectivity index (χ2n) is 6.12. The number of nitrogens with zero attached hydrogens (tertiary/aromatic N) is 5. The molecule has 0 bridgehead atoms. The minimum atomic E-state index is -0.185. The van der Waals surface area contributed by atoms with Gasteiger partial charge in [-0.05, 0) is 24.8 Å². The first-order valence-corrected chi connectivity index (χ1v) is 8.38. The molecule has 0 amide bonds. The summed E-state index contributed by atoms with van der Waals surface area (Å²) in [6.45, 7) is 2.65. The number of fused-ring (bicyclic) bond motifs is 2. The number of ether oxygens (including phenoxy) is 1. The van der Waals surface area contributed by atoms with Crippen LogP contribution in [0.15, 0.2) is 6.20 Å². The third-order valence-corrected chi connectivity index (χ3v) is 5.34. The van der Waals surface area contributed by atoms with Crippen LogP contribution in [-0.2, 0) is 16.8 Å². The van der Waals surface area contributed by atoms with Crippen molar-refractivity contribution in [1.29, 1.82) is 0 Å². The molecule has 7 nitrogen and oxygen atoms in total. The van der Waals surface area contributed by atoms with Crippen LogP contribution in [-0.4, -0.2) is 53.3 Å². The number of hydrogen-bond acceptors (Lipinski definition) is 7. The highest BCUT2D eigenvalue weighted by Gasteiger charge is 2.42. The molecule has 22 heavy (non-hydrogen) atoms. The zero-order valence-corrected chi connectivity index (χ0v) is 13.7. The minimum absolute atomic E-state index is 0.185. The first-order chi connectivity index (χ1) is 10.7. The molecule has 1 spiro atoms. The SMILES string of the molecule is CN(C)c1nsc(N2CCC3(CC2)OCCc2cn[nH]c23)n1. The molecule has 1 N–H and O–H groups in total. The van der Waals surface area contributed by atoms with Crippen molar-refractivity contribution in [3.05, 3.63) is 17.5 Å². The van der Waals surface area contributed by atoms with Crippen LogP contribution >= 0.6 is 11.5 Å². The monoisotopic (exact) mass is 320 g/mol. The van der Waals surface area contributed by atoms with E-state index in [1.807, 2.05) is 25.2 Å². The molecule has 2 aliphatic heterocycles. The largest absolute Gasteiger partial charge is 0.368 e. The summed E-state index contributed by atoms with van der Waals surface area (Å²) in [6, 6.07) is 0. The Kier molecular flexibility index (Phi) is 3.30. The van der Waals surface area contributed by atoms with Gasteiger partial charge in [0.25, 0.3) is 0 Å². The number of rotatable bonds is 2. The van der Waals surface area contributed by atoms with Crippen molar-refractivity contribution in [2.24, 2.45) is 0 Å². The van der Waals surface area contributed by atoms with Crippen molar-refractivity contribution in [1.82, 2.24) is 19.6 Å². The Bertz CT molecular complexity index is 658. The summed E-state index contributed by atoms with van der Waals surface area (Å²) in [5.41, 5.74) is 2.31. The van der Waals surface area contributed by atoms with E-state index < -0.39 is 0 Å². The van der Waals surface area contributed by atoms with Crippen molar-refractivity contribution in [2.45, 2.75) is 24.9 Å². The smallest absolute Gasteiger partial charge is 0.238 e. The van der Waals surface area contributed by atoms with Gasteiger partial charge in [0.1, 0.15) is 5.60 Å². The standard InChI is InChI=1S/C14H20N6OS/c1-19(2)12-16-13(22-18-12)20-6-4-14(5-7-20)11-10(3-8-21-14)9-15-17-11/h9H,3-8H2,1-2H3,(H,15,17). The highest BCUT2D eigenvalue weighted by Crippen LogP contribution is 2.41. The van der Waals surface area contributed by atoms with Gasteiger partial charge < -0.3 is 14.5 Å². The van der Waals surface area contributed by atoms with Crippen molar-refractivity contribution in [3.63, 3.8) is 0 Å². The zero-order valence-electron chi connectivity index (χ0n) is 12.9. The van der Waals surface area contributed by atoms with Crippen LogP contribution in [0.1, 0.15) is 24.1 Å². The molecule has 8 heteroatoms. The van der Waals surface area contributed by atoms with E-state index in [0.717, 1.165) is 50.0 Å². The lowest BCUT2D eigenvalue weighted by molar-refractivity contribution is -0.0795. The molecular formula is C14H20N6OS. The maximum absolute atomic E-state index is 6.18. The molecule has 0 unspecified atom stereocenters. The van der Waals surface area contributed by atoms with Gasteiger partial charge in [-0.2, -0.15) is 14.5 Å². The van der Waals surface area contributed by atoms with E-state index in [9.17, 15) is 0 Å². The van der Waals surface area contributed by atoms with Crippen molar-refractivity contribution in [2.75, 3.05) is 43.6 Å². The Morgan fingerprint density at radius 2 is 2.18 bits per heavy atom. The van der Waals surface area contributed by atoms with Gasteiger partial charge in [0.15, 0.2) is 0 Å². The lowest BCUT2D eigenvalue weighted by Gasteiger charge is -2.43. The second-order valence-corrected chi connectivity index (χ2v) is 6.85. The van der Waals surface area contributed by atoms with Gasteiger partial charge in [-0.25, -0.2) is 0 Å². The van der Waals surface area contributed by atoms with Crippen LogP contribution < -0.4 is 9.80 Å². The molecule has 4 rings (SSSR count). The number of nitrogens with one attached hydrogen (secondary N) is 1. The van der Waals surface area contributed by atoms with Gasteiger partial charge in [-0.3, -0.25) is 5.10 Å². The van der Waals surface area contributed by atoms with E-state index in [-0.39, 0.29) is 5.60 Å². The fourth-order valence-corrected chi connectivity index (χ4v) is 4.08. The number of H-pyrrole nitrogens is 1. The van der Waals surface area contributed by atoms with E-state index in [4.69, 9.17) is 4.74 Å². The Hall–Kier alpha value is -1.67. The van der Waals surface area contributed by atoms with Gasteiger partial charge in [0.05, 0.1) is 18.5 Å². The van der Waals surface area contributed by atoms with Crippen LogP contribution in [0.25, 0.3) is 0 Å². The van der Waals surface area contributed by atoms with Crippen molar-refractivity contribution in [3.8, 4) is 0 Å². The van der Waals surface area contributed by atoms with Crippen molar-refractivity contribution >= 4 is 22.6 Å². The molecule has 4 heterocycles. The van der Waals surface area contributed by atoms with Crippen LogP contribution in [0.5, 0.6) is 0 Å². The summed E-state index contributed by atoms with van der Waals surface area (Å²) in [4.78, 5) is 8.85. The van der Waals surface area contributed by atoms with E-state index in [1.165, 1.54) is 22.8 Å². The lowest BCUT2D eigenvalue weighted by atomic mass is 9.84. The van der Waals surface area contributed by atoms with Crippen LogP contribution in [0, 0.1) is 0 Å². The predicted molar refractivity (Wildman–Crippen MR) is 85.6 cm³/mol. The molecule has 0 aliphatic carbocycles. The number of piperidine rings is 1. The van der Waals surface area contributed by atoms with Crippen LogP contribution in [0.3, 0.4) is 0 Å². The lowest BCUT2D eigenvalue weighted by Crippen LogP contribution is -2.46. The third-order valence-electron chi connectivity index (χ3n) is 4.57. The van der Waals surface area contributed by atoms with Crippen LogP contribution in [0.4, 0.5) is 11.1 Å². The minimum Gasteiger partial charge on any atom is -0.368 e. The number of hydrogen-bond donors (Lipinski definition) is 1. The normalized spacial score (nSPS) is 20.2. The quantitative estimate of drug-likeness (QED) is 0.902. The molecule has 0 atom stereocenters. The molecule has 1 saturated heterocycles. The average molecular weight is 320 g/mol. The maximum Gasteiger partial charge on any atom is 0.238 e. The Labute approximate surface area is 133 Å². The summed E-state index contributed by atoms with van der Waals surface area (Å²) >= 11 is 1.47. The van der Waals surface area contributed by atoms with Crippen molar-refractivity contribution < 1.29 is 4.74 Å². The average Bonchev–Trinajstić information content (AvgIpc) is 3.18. The highest BCUT2D eigenvalue weighted by atomic mass is 32.1. The summed E-state index contributed by atoms with van der Waals surface area (Å²) < 4.78 is 10.6. The summed E-state index contributed by atoms with van der Waals surface area (Å²) in [6.07, 6.45) is 4.82. The van der Waals surface area contributed by atoms with Gasteiger partial charge >= 0.3 is 0 Å². The molecule has 2 aromatic rings. The van der Waals surface area contributed by atoms with E-state index in [0.29, 0.717) is 0 Å². The Balaban J connectivity index is 1.51. The molecule has 0 saturated carbocycles. The number of anilines is 2. The summed E-state index contributed by atoms with van der Waals surface area (Å²) in [7, 11) is 3.93. The van der Waals surface area contributed by atoms with Gasteiger partial charge in [0, 0.05) is 38.7 Å². The number of aromatic nitrogens is 4. The molecule has 1 fully saturated rings. The molecule has 2 aliphatic rings. The fraction of sp³-hybridized carbons (Fsp3) is 0.643. The van der Waals surface area contributed by atoms with E-state index in [1.54, 1.807) is 0 Å². The maximum atomic E-state index is 6.18. The molecule has 118 valence electrons. The molecule has 0 radical (unpaired) electrons. The van der Waals surface area contributed by atoms with Gasteiger partial charge in [-0.1, -0.05) is 0 Å². The first kappa shape index (κ1) is 14.0. The van der Waals surface area contributed by atoms with E-state index in [2.05, 4.69) is 24.5 Å². The zero-order chi connectivity index (χ0) is 15.2. The summed E-state index contributed by atoms with van der Waals surface area (Å²) in [5.74, 6) is 0.782. The topological polar surface area (TPSA) is 70.2 Å². The first-order valence-electron chi connectivity index (χ1n) is 7.61. The summed E-state index contributed by atoms with van der Waals surface area (Å²) in [5, 5.41) is 8.37. The second kappa shape index (κ2) is 5.20. The molecule has 2 aromatic heterocycles. The van der Waals surface area contributed by atoms with Crippen LogP contribution in [0.2, 0.25) is 0 Å². The third kappa shape index (κ3) is 2.17. The van der Waals surface area contributed by atoms with Gasteiger partial charge in [-0.15, -0.1) is 0 Å². The van der Waals surface area contributed by atoms with E-state index >= 15 is 0 Å². The number of aromatic amines is 1.